The van der Waals surface area contributed by atoms with E-state index in [2.05, 4.69) is 207 Å². The summed E-state index contributed by atoms with van der Waals surface area (Å²) in [5, 5.41) is 4.88. The van der Waals surface area contributed by atoms with Crippen LogP contribution in [0.1, 0.15) is 22.3 Å². The van der Waals surface area contributed by atoms with Crippen LogP contribution in [-0.4, -0.2) is 0 Å². The molecule has 0 atom stereocenters. The van der Waals surface area contributed by atoms with Crippen LogP contribution in [0.2, 0.25) is 0 Å². The zero-order chi connectivity index (χ0) is 34.2. The molecule has 0 aliphatic heterocycles. The van der Waals surface area contributed by atoms with E-state index in [1.165, 1.54) is 89.0 Å². The second-order valence-electron chi connectivity index (χ2n) is 13.2. The molecule has 0 bridgehead atoms. The standard InChI is InChI=1S/C48H40N2/c1-33-17-5-13-25-43(33)49(44-26-14-6-18-34(44)2)47-31-29-39(37-21-9-11-23-41(37)47)40-30-32-48(42-24-12-10-22-38(40)42)50(45-27-15-7-19-35(45)3)46-28-16-8-20-36(46)4/h5-32H,1-4H3. The molecule has 0 fully saturated rings. The molecule has 8 aromatic carbocycles. The number of rotatable bonds is 7. The first-order valence-electron chi connectivity index (χ1n) is 17.4. The molecule has 0 heterocycles. The minimum Gasteiger partial charge on any atom is -0.309 e. The average molecular weight is 645 g/mol. The Morgan fingerprint density at radius 3 is 0.800 bits per heavy atom. The van der Waals surface area contributed by atoms with Gasteiger partial charge >= 0.3 is 0 Å². The molecular weight excluding hydrogens is 605 g/mol. The topological polar surface area (TPSA) is 6.48 Å². The molecule has 0 aliphatic carbocycles. The number of fused-ring (bicyclic) bond motifs is 2. The maximum atomic E-state index is 2.43. The Balaban J connectivity index is 1.36. The average Bonchev–Trinajstić information content (AvgIpc) is 3.15. The summed E-state index contributed by atoms with van der Waals surface area (Å²) in [5.41, 5.74) is 14.4. The Morgan fingerprint density at radius 2 is 0.500 bits per heavy atom. The molecule has 0 unspecified atom stereocenters. The second kappa shape index (κ2) is 13.1. The SMILES string of the molecule is Cc1ccccc1N(c1ccccc1C)c1ccc(-c2ccc(N(c3ccccc3C)c3ccccc3C)c3ccccc23)c2ccccc12. The minimum atomic E-state index is 1.17. The Labute approximate surface area is 295 Å². The third-order valence-electron chi connectivity index (χ3n) is 10.00. The Kier molecular flexibility index (Phi) is 8.14. The van der Waals surface area contributed by atoms with Gasteiger partial charge in [0.2, 0.25) is 0 Å². The van der Waals surface area contributed by atoms with Crippen molar-refractivity contribution >= 4 is 55.7 Å². The van der Waals surface area contributed by atoms with E-state index in [0.717, 1.165) is 0 Å². The molecule has 2 nitrogen and oxygen atoms in total. The molecule has 0 amide bonds. The van der Waals surface area contributed by atoms with Crippen molar-refractivity contribution < 1.29 is 0 Å². The molecule has 50 heavy (non-hydrogen) atoms. The number of anilines is 6. The van der Waals surface area contributed by atoms with Crippen molar-refractivity contribution in [2.75, 3.05) is 9.80 Å². The van der Waals surface area contributed by atoms with Crippen LogP contribution in [0.25, 0.3) is 32.7 Å². The van der Waals surface area contributed by atoms with E-state index in [1.807, 2.05) is 0 Å². The molecular formula is C48H40N2. The fourth-order valence-corrected chi connectivity index (χ4v) is 7.46. The van der Waals surface area contributed by atoms with Crippen LogP contribution in [0.4, 0.5) is 34.1 Å². The van der Waals surface area contributed by atoms with Crippen LogP contribution >= 0.6 is 0 Å². The van der Waals surface area contributed by atoms with Gasteiger partial charge in [0.25, 0.3) is 0 Å². The first-order valence-corrected chi connectivity index (χ1v) is 17.4. The highest BCUT2D eigenvalue weighted by atomic mass is 15.2. The Bertz CT molecular complexity index is 2240. The molecule has 0 aliphatic rings. The number of para-hydroxylation sites is 4. The van der Waals surface area contributed by atoms with Crippen molar-refractivity contribution in [3.05, 3.63) is 192 Å². The lowest BCUT2D eigenvalue weighted by molar-refractivity contribution is 1.23. The lowest BCUT2D eigenvalue weighted by atomic mass is 9.91. The molecule has 0 spiro atoms. The largest absolute Gasteiger partial charge is 0.309 e. The summed E-state index contributed by atoms with van der Waals surface area (Å²) < 4.78 is 0. The Morgan fingerprint density at radius 1 is 0.240 bits per heavy atom. The number of hydrogen-bond donors (Lipinski definition) is 0. The summed E-state index contributed by atoms with van der Waals surface area (Å²) in [7, 11) is 0. The monoisotopic (exact) mass is 644 g/mol. The van der Waals surface area contributed by atoms with Gasteiger partial charge < -0.3 is 9.80 Å². The van der Waals surface area contributed by atoms with E-state index >= 15 is 0 Å². The molecule has 8 rings (SSSR count). The van der Waals surface area contributed by atoms with E-state index in [4.69, 9.17) is 0 Å². The van der Waals surface area contributed by atoms with Gasteiger partial charge in [0.05, 0.1) is 11.4 Å². The van der Waals surface area contributed by atoms with Crippen molar-refractivity contribution in [3.63, 3.8) is 0 Å². The predicted molar refractivity (Wildman–Crippen MR) is 215 cm³/mol. The van der Waals surface area contributed by atoms with Crippen molar-refractivity contribution in [1.82, 2.24) is 0 Å². The zero-order valence-electron chi connectivity index (χ0n) is 29.1. The summed E-state index contributed by atoms with van der Waals surface area (Å²) in [5.74, 6) is 0. The van der Waals surface area contributed by atoms with Crippen LogP contribution in [0.15, 0.2) is 170 Å². The first kappa shape index (κ1) is 31.2. The van der Waals surface area contributed by atoms with Gasteiger partial charge in [-0.3, -0.25) is 0 Å². The van der Waals surface area contributed by atoms with E-state index in [-0.39, 0.29) is 0 Å². The molecule has 0 N–H and O–H groups in total. The van der Waals surface area contributed by atoms with Crippen LogP contribution in [-0.2, 0) is 0 Å². The molecule has 0 saturated heterocycles. The fraction of sp³-hybridized carbons (Fsp3) is 0.0833. The minimum absolute atomic E-state index is 1.17. The predicted octanol–water partition coefficient (Wildman–Crippen LogP) is 13.8. The first-order chi connectivity index (χ1) is 24.5. The summed E-state index contributed by atoms with van der Waals surface area (Å²) in [6, 6.07) is 61.7. The summed E-state index contributed by atoms with van der Waals surface area (Å²) >= 11 is 0. The molecule has 0 aromatic heterocycles. The van der Waals surface area contributed by atoms with Crippen molar-refractivity contribution in [2.24, 2.45) is 0 Å². The lowest BCUT2D eigenvalue weighted by Crippen LogP contribution is -2.13. The molecule has 242 valence electrons. The van der Waals surface area contributed by atoms with Crippen LogP contribution in [0.5, 0.6) is 0 Å². The highest BCUT2D eigenvalue weighted by Gasteiger charge is 2.22. The maximum Gasteiger partial charge on any atom is 0.0540 e. The number of benzene rings is 8. The normalized spacial score (nSPS) is 11.2. The summed E-state index contributed by atoms with van der Waals surface area (Å²) in [6.07, 6.45) is 0. The highest BCUT2D eigenvalue weighted by molar-refractivity contribution is 6.13. The van der Waals surface area contributed by atoms with Gasteiger partial charge in [-0.05, 0) is 108 Å². The van der Waals surface area contributed by atoms with Gasteiger partial charge in [0.15, 0.2) is 0 Å². The molecule has 0 saturated carbocycles. The lowest BCUT2D eigenvalue weighted by Gasteiger charge is -2.31. The van der Waals surface area contributed by atoms with Gasteiger partial charge in [-0.1, -0.05) is 133 Å². The third kappa shape index (κ3) is 5.40. The van der Waals surface area contributed by atoms with Crippen molar-refractivity contribution in [3.8, 4) is 11.1 Å². The fourth-order valence-electron chi connectivity index (χ4n) is 7.46. The van der Waals surface area contributed by atoms with E-state index in [0.29, 0.717) is 0 Å². The van der Waals surface area contributed by atoms with Crippen LogP contribution < -0.4 is 9.80 Å². The zero-order valence-corrected chi connectivity index (χ0v) is 29.1. The summed E-state index contributed by atoms with van der Waals surface area (Å²) in [6.45, 7) is 8.79. The van der Waals surface area contributed by atoms with Crippen molar-refractivity contribution in [1.29, 1.82) is 0 Å². The van der Waals surface area contributed by atoms with Crippen LogP contribution in [0.3, 0.4) is 0 Å². The summed E-state index contributed by atoms with van der Waals surface area (Å²) in [4.78, 5) is 4.86. The van der Waals surface area contributed by atoms with Crippen LogP contribution in [0, 0.1) is 27.7 Å². The number of aryl methyl sites for hydroxylation is 4. The van der Waals surface area contributed by atoms with Gasteiger partial charge in [-0.25, -0.2) is 0 Å². The van der Waals surface area contributed by atoms with Crippen molar-refractivity contribution in [2.45, 2.75) is 27.7 Å². The molecule has 2 heteroatoms. The van der Waals surface area contributed by atoms with Gasteiger partial charge in [0, 0.05) is 33.5 Å². The molecule has 0 radical (unpaired) electrons. The number of nitrogens with zero attached hydrogens (tertiary/aromatic N) is 2. The number of hydrogen-bond acceptors (Lipinski definition) is 2. The quantitative estimate of drug-likeness (QED) is 0.170. The second-order valence-corrected chi connectivity index (χ2v) is 13.2. The maximum absolute atomic E-state index is 2.43. The Hall–Kier alpha value is -6.12. The molecule has 8 aromatic rings. The van der Waals surface area contributed by atoms with E-state index in [1.54, 1.807) is 0 Å². The van der Waals surface area contributed by atoms with Gasteiger partial charge in [0.1, 0.15) is 0 Å². The van der Waals surface area contributed by atoms with E-state index < -0.39 is 0 Å². The van der Waals surface area contributed by atoms with Gasteiger partial charge in [-0.2, -0.15) is 0 Å². The van der Waals surface area contributed by atoms with Gasteiger partial charge in [-0.15, -0.1) is 0 Å². The smallest absolute Gasteiger partial charge is 0.0540 e. The third-order valence-corrected chi connectivity index (χ3v) is 10.00. The van der Waals surface area contributed by atoms with E-state index in [9.17, 15) is 0 Å². The highest BCUT2D eigenvalue weighted by Crippen LogP contribution is 2.47.